The van der Waals surface area contributed by atoms with Crippen molar-refractivity contribution in [1.82, 2.24) is 5.32 Å². The summed E-state index contributed by atoms with van der Waals surface area (Å²) in [4.78, 5) is 1.31. The Labute approximate surface area is 128 Å². The summed E-state index contributed by atoms with van der Waals surface area (Å²) in [6.45, 7) is 3.08. The Morgan fingerprint density at radius 2 is 2.20 bits per heavy atom. The fraction of sp³-hybridized carbons (Fsp3) is 0.375. The van der Waals surface area contributed by atoms with E-state index in [-0.39, 0.29) is 6.10 Å². The van der Waals surface area contributed by atoms with Gasteiger partial charge < -0.3 is 10.1 Å². The van der Waals surface area contributed by atoms with E-state index in [2.05, 4.69) is 36.5 Å². The number of thiophene rings is 1. The van der Waals surface area contributed by atoms with Crippen molar-refractivity contribution in [2.75, 3.05) is 6.54 Å². The largest absolute Gasteiger partial charge is 0.488 e. The molecule has 0 aliphatic carbocycles. The molecule has 1 aromatic heterocycles. The number of likely N-dealkylation sites (N-methyl/N-ethyl adjacent to an activating group) is 1. The fourth-order valence-corrected chi connectivity index (χ4v) is 3.85. The number of halogens is 1. The van der Waals surface area contributed by atoms with Crippen LogP contribution in [-0.4, -0.2) is 18.7 Å². The maximum absolute atomic E-state index is 6.11. The van der Waals surface area contributed by atoms with Crippen LogP contribution in [0.3, 0.4) is 0 Å². The van der Waals surface area contributed by atoms with Crippen molar-refractivity contribution >= 4 is 22.9 Å². The van der Waals surface area contributed by atoms with Crippen molar-refractivity contribution in [3.63, 3.8) is 0 Å². The number of hydrogen-bond donors (Lipinski definition) is 1. The highest BCUT2D eigenvalue weighted by atomic mass is 35.5. The van der Waals surface area contributed by atoms with Gasteiger partial charge in [-0.25, -0.2) is 0 Å². The minimum Gasteiger partial charge on any atom is -0.488 e. The van der Waals surface area contributed by atoms with E-state index in [1.165, 1.54) is 10.4 Å². The fourth-order valence-electron chi connectivity index (χ4n) is 2.71. The topological polar surface area (TPSA) is 21.3 Å². The highest BCUT2D eigenvalue weighted by Crippen LogP contribution is 2.31. The number of para-hydroxylation sites is 1. The first-order valence-corrected chi connectivity index (χ1v) is 8.18. The molecule has 2 unspecified atom stereocenters. The van der Waals surface area contributed by atoms with Crippen LogP contribution < -0.4 is 10.1 Å². The van der Waals surface area contributed by atoms with Crippen LogP contribution in [0, 0.1) is 0 Å². The van der Waals surface area contributed by atoms with Gasteiger partial charge in [0.15, 0.2) is 0 Å². The predicted molar refractivity (Wildman–Crippen MR) is 85.1 cm³/mol. The number of hydrogen-bond acceptors (Lipinski definition) is 3. The molecule has 1 aliphatic rings. The van der Waals surface area contributed by atoms with Crippen molar-refractivity contribution in [1.29, 1.82) is 0 Å². The number of nitrogens with one attached hydrogen (secondary N) is 1. The van der Waals surface area contributed by atoms with E-state index in [9.17, 15) is 0 Å². The van der Waals surface area contributed by atoms with Gasteiger partial charge in [-0.15, -0.1) is 11.3 Å². The quantitative estimate of drug-likeness (QED) is 0.904. The van der Waals surface area contributed by atoms with Crippen molar-refractivity contribution in [2.24, 2.45) is 0 Å². The third-order valence-corrected chi connectivity index (χ3v) is 4.89. The lowest BCUT2D eigenvalue weighted by molar-refractivity contribution is 0.178. The third-order valence-electron chi connectivity index (χ3n) is 3.64. The van der Waals surface area contributed by atoms with Crippen LogP contribution in [-0.2, 0) is 12.8 Å². The summed E-state index contributed by atoms with van der Waals surface area (Å²) < 4.78 is 6.96. The molecule has 0 radical (unpaired) electrons. The first kappa shape index (κ1) is 13.9. The molecule has 2 heterocycles. The van der Waals surface area contributed by atoms with Crippen LogP contribution in [0.25, 0.3) is 0 Å². The van der Waals surface area contributed by atoms with Gasteiger partial charge in [0.25, 0.3) is 0 Å². The smallest absolute Gasteiger partial charge is 0.123 e. The lowest BCUT2D eigenvalue weighted by atomic mass is 10.0. The minimum absolute atomic E-state index is 0.202. The molecule has 2 atom stereocenters. The van der Waals surface area contributed by atoms with Gasteiger partial charge >= 0.3 is 0 Å². The molecule has 0 spiro atoms. The Hall–Kier alpha value is -1.03. The second-order valence-corrected chi connectivity index (χ2v) is 6.84. The maximum Gasteiger partial charge on any atom is 0.123 e. The second kappa shape index (κ2) is 6.17. The molecule has 106 valence electrons. The van der Waals surface area contributed by atoms with Crippen LogP contribution in [0.1, 0.15) is 17.4 Å². The molecule has 2 aromatic rings. The zero-order valence-electron chi connectivity index (χ0n) is 11.4. The summed E-state index contributed by atoms with van der Waals surface area (Å²) in [5.41, 5.74) is 1.31. The third kappa shape index (κ3) is 3.00. The van der Waals surface area contributed by atoms with Crippen molar-refractivity contribution in [2.45, 2.75) is 31.9 Å². The Morgan fingerprint density at radius 1 is 1.35 bits per heavy atom. The van der Waals surface area contributed by atoms with Crippen molar-refractivity contribution in [3.05, 3.63) is 51.2 Å². The molecular formula is C16H18ClNOS. The zero-order chi connectivity index (χ0) is 13.9. The van der Waals surface area contributed by atoms with Gasteiger partial charge in [0, 0.05) is 23.8 Å². The van der Waals surface area contributed by atoms with Gasteiger partial charge in [0.05, 0.1) is 4.34 Å². The lowest BCUT2D eigenvalue weighted by Gasteiger charge is -2.23. The highest BCUT2D eigenvalue weighted by Gasteiger charge is 2.30. The average molecular weight is 308 g/mol. The first-order valence-electron chi connectivity index (χ1n) is 6.98. The summed E-state index contributed by atoms with van der Waals surface area (Å²) >= 11 is 7.67. The molecule has 2 nitrogen and oxygen atoms in total. The molecule has 0 amide bonds. The average Bonchev–Trinajstić information content (AvgIpc) is 3.04. The van der Waals surface area contributed by atoms with Crippen LogP contribution in [0.2, 0.25) is 4.34 Å². The van der Waals surface area contributed by atoms with Crippen LogP contribution in [0.15, 0.2) is 36.4 Å². The Morgan fingerprint density at radius 3 is 2.90 bits per heavy atom. The van der Waals surface area contributed by atoms with E-state index in [1.807, 2.05) is 12.1 Å². The standard InChI is InChI=1S/C16H18ClNOS/c1-2-18-13(10-12-7-8-16(17)20-12)15-9-11-5-3-4-6-14(11)19-15/h3-8,13,15,18H,2,9-10H2,1H3. The first-order chi connectivity index (χ1) is 9.76. The van der Waals surface area contributed by atoms with Gasteiger partial charge in [0.1, 0.15) is 11.9 Å². The molecule has 0 saturated heterocycles. The van der Waals surface area contributed by atoms with Crippen molar-refractivity contribution < 1.29 is 4.74 Å². The maximum atomic E-state index is 6.11. The van der Waals surface area contributed by atoms with E-state index in [1.54, 1.807) is 11.3 Å². The molecule has 1 N–H and O–H groups in total. The molecule has 3 rings (SSSR count). The zero-order valence-corrected chi connectivity index (χ0v) is 13.0. The number of benzene rings is 1. The van der Waals surface area contributed by atoms with Gasteiger partial charge in [-0.1, -0.05) is 36.7 Å². The van der Waals surface area contributed by atoms with E-state index in [4.69, 9.17) is 16.3 Å². The predicted octanol–water partition coefficient (Wildman–Crippen LogP) is 3.93. The molecule has 20 heavy (non-hydrogen) atoms. The number of ether oxygens (including phenoxy) is 1. The van der Waals surface area contributed by atoms with E-state index in [0.29, 0.717) is 6.04 Å². The lowest BCUT2D eigenvalue weighted by Crippen LogP contribution is -2.43. The van der Waals surface area contributed by atoms with Crippen LogP contribution >= 0.6 is 22.9 Å². The summed E-state index contributed by atoms with van der Waals surface area (Å²) in [6, 6.07) is 12.7. The highest BCUT2D eigenvalue weighted by molar-refractivity contribution is 7.16. The molecular weight excluding hydrogens is 290 g/mol. The molecule has 0 saturated carbocycles. The van der Waals surface area contributed by atoms with E-state index < -0.39 is 0 Å². The van der Waals surface area contributed by atoms with Crippen LogP contribution in [0.5, 0.6) is 5.75 Å². The Bertz CT molecular complexity index is 558. The molecule has 0 fully saturated rings. The van der Waals surface area contributed by atoms with Crippen molar-refractivity contribution in [3.8, 4) is 5.75 Å². The molecule has 1 aromatic carbocycles. The van der Waals surface area contributed by atoms with Gasteiger partial charge in [-0.2, -0.15) is 0 Å². The summed E-state index contributed by atoms with van der Waals surface area (Å²) in [5.74, 6) is 1.03. The van der Waals surface area contributed by atoms with E-state index in [0.717, 1.165) is 29.5 Å². The Balaban J connectivity index is 1.72. The molecule has 4 heteroatoms. The van der Waals surface area contributed by atoms with Crippen LogP contribution in [0.4, 0.5) is 0 Å². The monoisotopic (exact) mass is 307 g/mol. The number of fused-ring (bicyclic) bond motifs is 1. The van der Waals surface area contributed by atoms with Gasteiger partial charge in [0.2, 0.25) is 0 Å². The van der Waals surface area contributed by atoms with Gasteiger partial charge in [-0.3, -0.25) is 0 Å². The second-order valence-electron chi connectivity index (χ2n) is 5.04. The summed E-state index contributed by atoms with van der Waals surface area (Å²) in [6.07, 6.45) is 2.14. The summed E-state index contributed by atoms with van der Waals surface area (Å²) in [5, 5.41) is 3.56. The van der Waals surface area contributed by atoms with E-state index >= 15 is 0 Å². The number of rotatable bonds is 5. The van der Waals surface area contributed by atoms with Gasteiger partial charge in [-0.05, 0) is 30.3 Å². The normalized spacial score (nSPS) is 18.6. The molecule has 1 aliphatic heterocycles. The molecule has 0 bridgehead atoms. The minimum atomic E-state index is 0.202. The SMILES string of the molecule is CCNC(Cc1ccc(Cl)s1)C1Cc2ccccc2O1. The summed E-state index contributed by atoms with van der Waals surface area (Å²) in [7, 11) is 0. The Kier molecular flexibility index (Phi) is 4.29.